The van der Waals surface area contributed by atoms with Crippen LogP contribution in [0.15, 0.2) is 27.8 Å². The van der Waals surface area contributed by atoms with Crippen molar-refractivity contribution in [1.82, 2.24) is 10.3 Å². The Bertz CT molecular complexity index is 300. The molecule has 0 unspecified atom stereocenters. The molecule has 4 heteroatoms. The largest absolute Gasteiger partial charge is 0.313 e. The van der Waals surface area contributed by atoms with E-state index in [4.69, 9.17) is 0 Å². The van der Waals surface area contributed by atoms with Crippen molar-refractivity contribution in [2.45, 2.75) is 23.9 Å². The maximum atomic E-state index is 4.33. The Morgan fingerprint density at radius 2 is 2.57 bits per heavy atom. The second-order valence-corrected chi connectivity index (χ2v) is 5.26. The summed E-state index contributed by atoms with van der Waals surface area (Å²) in [6.07, 6.45) is 4.46. The Morgan fingerprint density at radius 3 is 3.29 bits per heavy atom. The quantitative estimate of drug-likeness (QED) is 0.857. The number of pyridine rings is 1. The van der Waals surface area contributed by atoms with Crippen LogP contribution in [0.25, 0.3) is 0 Å². The Balaban J connectivity index is 1.88. The van der Waals surface area contributed by atoms with Crippen LogP contribution in [0.2, 0.25) is 0 Å². The third-order valence-electron chi connectivity index (χ3n) is 2.31. The minimum Gasteiger partial charge on any atom is -0.313 e. The van der Waals surface area contributed by atoms with E-state index in [0.717, 1.165) is 15.3 Å². The second kappa shape index (κ2) is 5.14. The molecular formula is C10H13BrN2S. The fourth-order valence-corrected chi connectivity index (χ4v) is 3.14. The molecule has 0 bridgehead atoms. The van der Waals surface area contributed by atoms with Crippen molar-refractivity contribution >= 4 is 27.7 Å². The van der Waals surface area contributed by atoms with Gasteiger partial charge in [0.25, 0.3) is 0 Å². The molecule has 0 aliphatic carbocycles. The van der Waals surface area contributed by atoms with E-state index in [1.54, 1.807) is 0 Å². The number of thioether (sulfide) groups is 1. The first-order valence-electron chi connectivity index (χ1n) is 4.83. The predicted octanol–water partition coefficient (Wildman–Crippen LogP) is 2.69. The van der Waals surface area contributed by atoms with Crippen molar-refractivity contribution < 1.29 is 0 Å². The Kier molecular flexibility index (Phi) is 3.84. The molecule has 14 heavy (non-hydrogen) atoms. The van der Waals surface area contributed by atoms with E-state index < -0.39 is 0 Å². The van der Waals surface area contributed by atoms with Crippen LogP contribution >= 0.6 is 27.7 Å². The third-order valence-corrected chi connectivity index (χ3v) is 4.38. The molecule has 1 atom stereocenters. The molecule has 2 heterocycles. The first-order chi connectivity index (χ1) is 6.86. The van der Waals surface area contributed by atoms with Crippen LogP contribution in [0.4, 0.5) is 0 Å². The lowest BCUT2D eigenvalue weighted by Crippen LogP contribution is -2.23. The average molecular weight is 273 g/mol. The summed E-state index contributed by atoms with van der Waals surface area (Å²) in [7, 11) is 0. The van der Waals surface area contributed by atoms with Gasteiger partial charge in [-0.1, -0.05) is 0 Å². The van der Waals surface area contributed by atoms with Crippen molar-refractivity contribution in [3.05, 3.63) is 22.8 Å². The predicted molar refractivity (Wildman–Crippen MR) is 63.7 cm³/mol. The topological polar surface area (TPSA) is 24.9 Å². The lowest BCUT2D eigenvalue weighted by atomic mass is 10.3. The molecule has 0 saturated carbocycles. The summed E-state index contributed by atoms with van der Waals surface area (Å²) in [5, 5.41) is 4.58. The highest BCUT2D eigenvalue weighted by molar-refractivity contribution is 9.10. The zero-order valence-corrected chi connectivity index (χ0v) is 10.3. The number of hydrogen-bond donors (Lipinski definition) is 1. The second-order valence-electron chi connectivity index (χ2n) is 3.39. The maximum Gasteiger partial charge on any atom is 0.110 e. The highest BCUT2D eigenvalue weighted by Gasteiger charge is 2.14. The molecule has 76 valence electrons. The van der Waals surface area contributed by atoms with Gasteiger partial charge < -0.3 is 5.32 Å². The standard InChI is InChI=1S/C10H13BrN2S/c11-9-4-2-6-13-10(9)14-7-8-3-1-5-12-8/h2,4,6,8,12H,1,3,5,7H2/t8-/m0/s1. The van der Waals surface area contributed by atoms with Crippen LogP contribution < -0.4 is 5.32 Å². The molecule has 0 aromatic carbocycles. The van der Waals surface area contributed by atoms with Gasteiger partial charge in [0.2, 0.25) is 0 Å². The molecule has 1 aliphatic heterocycles. The molecule has 0 radical (unpaired) electrons. The number of nitrogens with one attached hydrogen (secondary N) is 1. The zero-order valence-electron chi connectivity index (χ0n) is 7.87. The van der Waals surface area contributed by atoms with E-state index in [9.17, 15) is 0 Å². The molecule has 1 aromatic heterocycles. The first kappa shape index (κ1) is 10.5. The Labute approximate surface area is 97.0 Å². The fourth-order valence-electron chi connectivity index (χ4n) is 1.56. The van der Waals surface area contributed by atoms with Crippen molar-refractivity contribution in [2.24, 2.45) is 0 Å². The van der Waals surface area contributed by atoms with E-state index in [1.165, 1.54) is 19.4 Å². The number of hydrogen-bond acceptors (Lipinski definition) is 3. The molecule has 0 amide bonds. The van der Waals surface area contributed by atoms with Gasteiger partial charge in [0.05, 0.1) is 0 Å². The van der Waals surface area contributed by atoms with Gasteiger partial charge in [-0.15, -0.1) is 11.8 Å². The summed E-state index contributed by atoms with van der Waals surface area (Å²) in [6, 6.07) is 4.66. The lowest BCUT2D eigenvalue weighted by molar-refractivity contribution is 0.673. The van der Waals surface area contributed by atoms with Gasteiger partial charge in [-0.2, -0.15) is 0 Å². The summed E-state index contributed by atoms with van der Waals surface area (Å²) in [5.74, 6) is 1.12. The maximum absolute atomic E-state index is 4.33. The molecule has 2 rings (SSSR count). The van der Waals surface area contributed by atoms with Crippen LogP contribution in [0.5, 0.6) is 0 Å². The van der Waals surface area contributed by atoms with Gasteiger partial charge in [0.1, 0.15) is 5.03 Å². The van der Waals surface area contributed by atoms with Gasteiger partial charge >= 0.3 is 0 Å². The van der Waals surface area contributed by atoms with Crippen LogP contribution in [0.3, 0.4) is 0 Å². The molecule has 1 saturated heterocycles. The summed E-state index contributed by atoms with van der Waals surface area (Å²) in [5.41, 5.74) is 0. The molecule has 1 aromatic rings. The number of nitrogens with zero attached hydrogens (tertiary/aromatic N) is 1. The zero-order chi connectivity index (χ0) is 9.80. The summed E-state index contributed by atoms with van der Waals surface area (Å²) in [4.78, 5) is 4.33. The summed E-state index contributed by atoms with van der Waals surface area (Å²) >= 11 is 5.33. The first-order valence-corrected chi connectivity index (χ1v) is 6.61. The van der Waals surface area contributed by atoms with Gasteiger partial charge in [-0.05, 0) is 47.4 Å². The Morgan fingerprint density at radius 1 is 1.64 bits per heavy atom. The summed E-state index contributed by atoms with van der Waals surface area (Å²) in [6.45, 7) is 1.18. The number of rotatable bonds is 3. The van der Waals surface area contributed by atoms with E-state index in [2.05, 4.69) is 26.2 Å². The monoisotopic (exact) mass is 272 g/mol. The third kappa shape index (κ3) is 2.72. The van der Waals surface area contributed by atoms with Crippen LogP contribution in [-0.2, 0) is 0 Å². The molecular weight excluding hydrogens is 260 g/mol. The SMILES string of the molecule is Brc1cccnc1SC[C@@H]1CCCN1. The molecule has 1 fully saturated rings. The van der Waals surface area contributed by atoms with Crippen LogP contribution in [0, 0.1) is 0 Å². The van der Waals surface area contributed by atoms with Crippen LogP contribution in [-0.4, -0.2) is 23.3 Å². The van der Waals surface area contributed by atoms with Gasteiger partial charge in [-0.25, -0.2) is 4.98 Å². The van der Waals surface area contributed by atoms with Gasteiger partial charge in [-0.3, -0.25) is 0 Å². The van der Waals surface area contributed by atoms with Crippen molar-refractivity contribution in [2.75, 3.05) is 12.3 Å². The molecule has 1 N–H and O–H groups in total. The molecule has 0 spiro atoms. The smallest absolute Gasteiger partial charge is 0.110 e. The number of halogens is 1. The minimum atomic E-state index is 0.675. The highest BCUT2D eigenvalue weighted by Crippen LogP contribution is 2.26. The van der Waals surface area contributed by atoms with E-state index in [-0.39, 0.29) is 0 Å². The molecule has 1 aliphatic rings. The van der Waals surface area contributed by atoms with Crippen molar-refractivity contribution in [3.63, 3.8) is 0 Å². The average Bonchev–Trinajstić information content (AvgIpc) is 2.69. The van der Waals surface area contributed by atoms with Crippen molar-refractivity contribution in [3.8, 4) is 0 Å². The lowest BCUT2D eigenvalue weighted by Gasteiger charge is -2.09. The Hall–Kier alpha value is -0.0600. The van der Waals surface area contributed by atoms with E-state index in [0.29, 0.717) is 6.04 Å². The van der Waals surface area contributed by atoms with Crippen LogP contribution in [0.1, 0.15) is 12.8 Å². The number of aromatic nitrogens is 1. The van der Waals surface area contributed by atoms with E-state index >= 15 is 0 Å². The minimum absolute atomic E-state index is 0.675. The fraction of sp³-hybridized carbons (Fsp3) is 0.500. The summed E-state index contributed by atoms with van der Waals surface area (Å²) < 4.78 is 1.10. The molecule has 2 nitrogen and oxygen atoms in total. The van der Waals surface area contributed by atoms with Gasteiger partial charge in [0, 0.05) is 22.5 Å². The van der Waals surface area contributed by atoms with Gasteiger partial charge in [0.15, 0.2) is 0 Å². The highest BCUT2D eigenvalue weighted by atomic mass is 79.9. The van der Waals surface area contributed by atoms with Crippen molar-refractivity contribution in [1.29, 1.82) is 0 Å². The van der Waals surface area contributed by atoms with E-state index in [1.807, 2.05) is 30.1 Å². The normalized spacial score (nSPS) is 21.4.